The molecule has 3 N–H and O–H groups in total. The molecule has 0 saturated heterocycles. The number of amides is 1. The smallest absolute Gasteiger partial charge is 0.254 e. The summed E-state index contributed by atoms with van der Waals surface area (Å²) in [6, 6.07) is 4.93. The summed E-state index contributed by atoms with van der Waals surface area (Å²) in [7, 11) is 0. The number of nitrogens with one attached hydrogen (secondary N) is 1. The van der Waals surface area contributed by atoms with Crippen LogP contribution in [0, 0.1) is 23.2 Å². The van der Waals surface area contributed by atoms with Crippen molar-refractivity contribution in [3.05, 3.63) is 36.0 Å². The largest absolute Gasteiger partial charge is 0.365 e. The van der Waals surface area contributed by atoms with E-state index in [0.717, 1.165) is 25.7 Å². The van der Waals surface area contributed by atoms with Gasteiger partial charge >= 0.3 is 0 Å². The highest BCUT2D eigenvalue weighted by molar-refractivity contribution is 5.98. The van der Waals surface area contributed by atoms with Gasteiger partial charge in [0.05, 0.1) is 29.9 Å². The lowest BCUT2D eigenvalue weighted by Gasteiger charge is -2.26. The maximum atomic E-state index is 12.9. The number of rotatable bonds is 4. The third kappa shape index (κ3) is 3.20. The first-order valence-electron chi connectivity index (χ1n) is 7.75. The van der Waals surface area contributed by atoms with Gasteiger partial charge in [0.15, 0.2) is 5.82 Å². The number of nitrogens with zero attached hydrogens (tertiary/aromatic N) is 4. The highest BCUT2D eigenvalue weighted by atomic mass is 19.1. The number of hydrogen-bond acceptors (Lipinski definition) is 5. The van der Waals surface area contributed by atoms with Crippen LogP contribution in [0.25, 0.3) is 0 Å². The van der Waals surface area contributed by atoms with Crippen molar-refractivity contribution in [2.75, 3.05) is 5.32 Å². The lowest BCUT2D eigenvalue weighted by Crippen LogP contribution is -2.22. The topological polar surface area (TPSA) is 110 Å². The zero-order valence-electron chi connectivity index (χ0n) is 12.9. The van der Waals surface area contributed by atoms with Crippen molar-refractivity contribution in [1.29, 1.82) is 5.26 Å². The predicted molar refractivity (Wildman–Crippen MR) is 84.8 cm³/mol. The molecule has 24 heavy (non-hydrogen) atoms. The molecule has 2 aromatic heterocycles. The van der Waals surface area contributed by atoms with Crippen LogP contribution in [0.2, 0.25) is 0 Å². The van der Waals surface area contributed by atoms with Crippen LogP contribution in [0.5, 0.6) is 0 Å². The van der Waals surface area contributed by atoms with E-state index in [-0.39, 0.29) is 23.3 Å². The molecule has 7 nitrogen and oxygen atoms in total. The van der Waals surface area contributed by atoms with Gasteiger partial charge in [0.1, 0.15) is 5.56 Å². The Balaban J connectivity index is 1.91. The number of nitriles is 1. The van der Waals surface area contributed by atoms with Crippen LogP contribution in [-0.4, -0.2) is 20.7 Å². The molecule has 1 aliphatic rings. The Hall–Kier alpha value is -2.95. The van der Waals surface area contributed by atoms with Gasteiger partial charge in [0.25, 0.3) is 5.91 Å². The third-order valence-electron chi connectivity index (χ3n) is 4.22. The molecule has 0 aliphatic heterocycles. The zero-order valence-corrected chi connectivity index (χ0v) is 12.9. The predicted octanol–water partition coefficient (Wildman–Crippen LogP) is 2.51. The molecule has 2 atom stereocenters. The Bertz CT molecular complexity index is 779. The quantitative estimate of drug-likeness (QED) is 0.838. The van der Waals surface area contributed by atoms with Gasteiger partial charge < -0.3 is 11.1 Å². The molecule has 0 radical (unpaired) electrons. The second-order valence-corrected chi connectivity index (χ2v) is 5.82. The second kappa shape index (κ2) is 6.66. The first-order valence-corrected chi connectivity index (χ1v) is 7.75. The molecule has 3 rings (SSSR count). The van der Waals surface area contributed by atoms with E-state index in [0.29, 0.717) is 5.69 Å². The van der Waals surface area contributed by atoms with E-state index < -0.39 is 11.9 Å². The van der Waals surface area contributed by atoms with Crippen molar-refractivity contribution in [1.82, 2.24) is 14.8 Å². The molecular weight excluding hydrogens is 311 g/mol. The maximum Gasteiger partial charge on any atom is 0.254 e. The lowest BCUT2D eigenvalue weighted by atomic mass is 9.85. The van der Waals surface area contributed by atoms with E-state index in [9.17, 15) is 14.4 Å². The first-order chi connectivity index (χ1) is 11.6. The van der Waals surface area contributed by atoms with E-state index in [1.54, 1.807) is 10.9 Å². The normalized spacial score (nSPS) is 20.3. The SMILES string of the molecule is N#C[C@@H]1CCCC[C@@H]1n1cc(C(N)=O)c(Nc2ccc(F)nc2)n1. The van der Waals surface area contributed by atoms with Crippen LogP contribution in [0.3, 0.4) is 0 Å². The van der Waals surface area contributed by atoms with Gasteiger partial charge in [0, 0.05) is 6.20 Å². The molecule has 1 fully saturated rings. The van der Waals surface area contributed by atoms with Crippen molar-refractivity contribution >= 4 is 17.4 Å². The molecule has 2 aromatic rings. The van der Waals surface area contributed by atoms with Gasteiger partial charge in [-0.25, -0.2) is 4.98 Å². The molecule has 2 heterocycles. The average molecular weight is 328 g/mol. The number of aromatic nitrogens is 3. The lowest BCUT2D eigenvalue weighted by molar-refractivity contribution is 0.100. The fourth-order valence-electron chi connectivity index (χ4n) is 3.00. The number of pyridine rings is 1. The number of halogens is 1. The van der Waals surface area contributed by atoms with Crippen LogP contribution in [-0.2, 0) is 0 Å². The summed E-state index contributed by atoms with van der Waals surface area (Å²) in [5, 5.41) is 16.7. The number of hydrogen-bond donors (Lipinski definition) is 2. The Morgan fingerprint density at radius 3 is 2.88 bits per heavy atom. The van der Waals surface area contributed by atoms with Crippen LogP contribution < -0.4 is 11.1 Å². The number of primary amides is 1. The second-order valence-electron chi connectivity index (χ2n) is 5.82. The minimum Gasteiger partial charge on any atom is -0.365 e. The first kappa shape index (κ1) is 15.9. The van der Waals surface area contributed by atoms with Gasteiger partial charge in [-0.05, 0) is 25.0 Å². The van der Waals surface area contributed by atoms with Crippen LogP contribution >= 0.6 is 0 Å². The number of anilines is 2. The van der Waals surface area contributed by atoms with Crippen LogP contribution in [0.4, 0.5) is 15.9 Å². The summed E-state index contributed by atoms with van der Waals surface area (Å²) in [5.41, 5.74) is 6.14. The zero-order chi connectivity index (χ0) is 17.1. The molecule has 124 valence electrons. The molecule has 0 aromatic carbocycles. The minimum atomic E-state index is -0.622. The molecule has 1 amide bonds. The van der Waals surface area contributed by atoms with Gasteiger partial charge in [-0.1, -0.05) is 12.8 Å². The van der Waals surface area contributed by atoms with E-state index in [2.05, 4.69) is 21.5 Å². The molecule has 1 saturated carbocycles. The van der Waals surface area contributed by atoms with Crippen molar-refractivity contribution < 1.29 is 9.18 Å². The van der Waals surface area contributed by atoms with Crippen LogP contribution in [0.15, 0.2) is 24.5 Å². The molecule has 0 bridgehead atoms. The summed E-state index contributed by atoms with van der Waals surface area (Å²) >= 11 is 0. The van der Waals surface area contributed by atoms with Crippen molar-refractivity contribution in [2.45, 2.75) is 31.7 Å². The standard InChI is InChI=1S/C16H17FN6O/c17-14-6-5-11(8-20-14)21-16-12(15(19)24)9-23(22-16)13-4-2-1-3-10(13)7-18/h5-6,8-10,13H,1-4H2,(H2,19,24)(H,21,22)/t10-,13-/m0/s1. The van der Waals surface area contributed by atoms with Crippen molar-refractivity contribution in [2.24, 2.45) is 11.7 Å². The monoisotopic (exact) mass is 328 g/mol. The highest BCUT2D eigenvalue weighted by Crippen LogP contribution is 2.34. The van der Waals surface area contributed by atoms with E-state index >= 15 is 0 Å². The maximum absolute atomic E-state index is 12.9. The van der Waals surface area contributed by atoms with E-state index in [4.69, 9.17) is 5.73 Å². The fraction of sp³-hybridized carbons (Fsp3) is 0.375. The van der Waals surface area contributed by atoms with E-state index in [1.807, 2.05) is 0 Å². The summed E-state index contributed by atoms with van der Waals surface area (Å²) in [5.74, 6) is -1.08. The molecular formula is C16H17FN6O. The number of nitrogens with two attached hydrogens (primary N) is 1. The molecule has 8 heteroatoms. The minimum absolute atomic E-state index is 0.0799. The molecule has 0 unspecified atom stereocenters. The Labute approximate surface area is 138 Å². The Kier molecular flexibility index (Phi) is 4.42. The van der Waals surface area contributed by atoms with Crippen molar-refractivity contribution in [3.63, 3.8) is 0 Å². The summed E-state index contributed by atoms with van der Waals surface area (Å²) in [6.45, 7) is 0. The number of carbonyl (C=O) groups is 1. The van der Waals surface area contributed by atoms with Gasteiger partial charge in [-0.3, -0.25) is 9.48 Å². The average Bonchev–Trinajstić information content (AvgIpc) is 3.01. The molecule has 1 aliphatic carbocycles. The summed E-state index contributed by atoms with van der Waals surface area (Å²) in [4.78, 5) is 15.3. The fourth-order valence-corrected chi connectivity index (χ4v) is 3.00. The Morgan fingerprint density at radius 2 is 2.21 bits per heavy atom. The highest BCUT2D eigenvalue weighted by Gasteiger charge is 2.28. The molecule has 0 spiro atoms. The van der Waals surface area contributed by atoms with Gasteiger partial charge in [-0.2, -0.15) is 14.8 Å². The van der Waals surface area contributed by atoms with Crippen LogP contribution in [0.1, 0.15) is 42.1 Å². The van der Waals surface area contributed by atoms with Gasteiger partial charge in [0.2, 0.25) is 5.95 Å². The summed E-state index contributed by atoms with van der Waals surface area (Å²) in [6.07, 6.45) is 6.55. The number of carbonyl (C=O) groups excluding carboxylic acids is 1. The third-order valence-corrected chi connectivity index (χ3v) is 4.22. The summed E-state index contributed by atoms with van der Waals surface area (Å²) < 4.78 is 14.5. The van der Waals surface area contributed by atoms with Gasteiger partial charge in [-0.15, -0.1) is 0 Å². The Morgan fingerprint density at radius 1 is 1.42 bits per heavy atom. The van der Waals surface area contributed by atoms with Crippen molar-refractivity contribution in [3.8, 4) is 6.07 Å². The van der Waals surface area contributed by atoms with E-state index in [1.165, 1.54) is 18.3 Å².